The van der Waals surface area contributed by atoms with Gasteiger partial charge in [-0.25, -0.2) is 4.79 Å². The highest BCUT2D eigenvalue weighted by atomic mass is 16.6. The van der Waals surface area contributed by atoms with E-state index < -0.39 is 5.91 Å². The van der Waals surface area contributed by atoms with Crippen LogP contribution >= 0.6 is 0 Å². The van der Waals surface area contributed by atoms with Crippen LogP contribution in [0.3, 0.4) is 0 Å². The molecule has 4 rings (SSSR count). The third-order valence-corrected chi connectivity index (χ3v) is 4.29. The zero-order valence-corrected chi connectivity index (χ0v) is 14.3. The molecule has 3 aromatic rings. The molecule has 27 heavy (non-hydrogen) atoms. The molecule has 0 spiro atoms. The van der Waals surface area contributed by atoms with Gasteiger partial charge in [0.1, 0.15) is 12.2 Å². The largest absolute Gasteiger partial charge is 0.451 e. The fourth-order valence-corrected chi connectivity index (χ4v) is 2.95. The SMILES string of the molecule is O=C(NCc1cccc(N2CCOC2=O)c1)c1cc(=O)c2ccccc2o1. The molecule has 0 atom stereocenters. The molecule has 0 radical (unpaired) electrons. The first-order valence-corrected chi connectivity index (χ1v) is 8.46. The summed E-state index contributed by atoms with van der Waals surface area (Å²) in [6.07, 6.45) is -0.380. The van der Waals surface area contributed by atoms with E-state index in [1.807, 2.05) is 12.1 Å². The molecule has 7 nitrogen and oxygen atoms in total. The Hall–Kier alpha value is -3.61. The molecule has 1 saturated heterocycles. The van der Waals surface area contributed by atoms with Crippen molar-refractivity contribution in [3.63, 3.8) is 0 Å². The van der Waals surface area contributed by atoms with Crippen LogP contribution in [0.5, 0.6) is 0 Å². The molecule has 1 aliphatic heterocycles. The Morgan fingerprint density at radius 2 is 1.93 bits per heavy atom. The number of nitrogens with zero attached hydrogens (tertiary/aromatic N) is 1. The van der Waals surface area contributed by atoms with Gasteiger partial charge in [0.2, 0.25) is 0 Å². The standard InChI is InChI=1S/C20H16N2O5/c23-16-11-18(27-17-7-2-1-6-15(16)17)19(24)21-12-13-4-3-5-14(10-13)22-8-9-26-20(22)25/h1-7,10-11H,8-9,12H2,(H,21,24). The number of cyclic esters (lactones) is 1. The van der Waals surface area contributed by atoms with Crippen LogP contribution in [0.1, 0.15) is 16.1 Å². The zero-order valence-electron chi connectivity index (χ0n) is 14.3. The fourth-order valence-electron chi connectivity index (χ4n) is 2.95. The monoisotopic (exact) mass is 364 g/mol. The number of para-hydroxylation sites is 1. The number of nitrogens with one attached hydrogen (secondary N) is 1. The predicted octanol–water partition coefficient (Wildman–Crippen LogP) is 2.68. The van der Waals surface area contributed by atoms with Crippen LogP contribution in [0.15, 0.2) is 63.8 Å². The Morgan fingerprint density at radius 3 is 2.74 bits per heavy atom. The maximum atomic E-state index is 12.4. The second-order valence-electron chi connectivity index (χ2n) is 6.09. The van der Waals surface area contributed by atoms with Crippen LogP contribution in [-0.2, 0) is 11.3 Å². The molecule has 2 aromatic carbocycles. The third kappa shape index (κ3) is 3.39. The molecule has 0 bridgehead atoms. The predicted molar refractivity (Wildman–Crippen MR) is 98.8 cm³/mol. The van der Waals surface area contributed by atoms with Gasteiger partial charge in [-0.2, -0.15) is 0 Å². The van der Waals surface area contributed by atoms with Crippen molar-refractivity contribution in [1.29, 1.82) is 0 Å². The van der Waals surface area contributed by atoms with Gasteiger partial charge in [0.25, 0.3) is 5.91 Å². The first-order chi connectivity index (χ1) is 13.1. The number of amides is 2. The van der Waals surface area contributed by atoms with Gasteiger partial charge in [0.15, 0.2) is 11.2 Å². The van der Waals surface area contributed by atoms with Gasteiger partial charge in [-0.3, -0.25) is 14.5 Å². The Kier molecular flexibility index (Phi) is 4.33. The minimum absolute atomic E-state index is 0.0435. The van der Waals surface area contributed by atoms with Gasteiger partial charge in [0.05, 0.1) is 11.9 Å². The summed E-state index contributed by atoms with van der Waals surface area (Å²) in [5.74, 6) is -0.526. The van der Waals surface area contributed by atoms with Gasteiger partial charge in [0, 0.05) is 18.3 Å². The Labute approximate surface area is 154 Å². The number of rotatable bonds is 4. The maximum Gasteiger partial charge on any atom is 0.414 e. The Morgan fingerprint density at radius 1 is 1.07 bits per heavy atom. The van der Waals surface area contributed by atoms with Crippen LogP contribution in [0, 0.1) is 0 Å². The number of carbonyl (C=O) groups is 2. The minimum atomic E-state index is -0.483. The lowest BCUT2D eigenvalue weighted by molar-refractivity contribution is 0.0923. The van der Waals surface area contributed by atoms with Crippen LogP contribution in [0.2, 0.25) is 0 Å². The molecular formula is C20H16N2O5. The lowest BCUT2D eigenvalue weighted by Crippen LogP contribution is -2.25. The summed E-state index contributed by atoms with van der Waals surface area (Å²) < 4.78 is 10.5. The van der Waals surface area contributed by atoms with Gasteiger partial charge < -0.3 is 14.5 Å². The Bertz CT molecular complexity index is 1090. The molecule has 2 heterocycles. The quantitative estimate of drug-likeness (QED) is 0.769. The van der Waals surface area contributed by atoms with E-state index >= 15 is 0 Å². The van der Waals surface area contributed by atoms with Crippen molar-refractivity contribution in [1.82, 2.24) is 5.32 Å². The minimum Gasteiger partial charge on any atom is -0.451 e. The van der Waals surface area contributed by atoms with E-state index in [9.17, 15) is 14.4 Å². The van der Waals surface area contributed by atoms with Crippen LogP contribution in [0.4, 0.5) is 10.5 Å². The van der Waals surface area contributed by atoms with Crippen molar-refractivity contribution in [2.45, 2.75) is 6.54 Å². The van der Waals surface area contributed by atoms with E-state index in [1.165, 1.54) is 11.0 Å². The second-order valence-corrected chi connectivity index (χ2v) is 6.09. The fraction of sp³-hybridized carbons (Fsp3) is 0.150. The first-order valence-electron chi connectivity index (χ1n) is 8.46. The average molecular weight is 364 g/mol. The zero-order chi connectivity index (χ0) is 18.8. The van der Waals surface area contributed by atoms with Crippen LogP contribution < -0.4 is 15.6 Å². The highest BCUT2D eigenvalue weighted by Crippen LogP contribution is 2.20. The normalized spacial score (nSPS) is 13.6. The van der Waals surface area contributed by atoms with E-state index in [-0.39, 0.29) is 23.8 Å². The third-order valence-electron chi connectivity index (χ3n) is 4.29. The average Bonchev–Trinajstić information content (AvgIpc) is 3.12. The molecule has 1 aromatic heterocycles. The van der Waals surface area contributed by atoms with Gasteiger partial charge in [-0.15, -0.1) is 0 Å². The number of ether oxygens (including phenoxy) is 1. The summed E-state index contributed by atoms with van der Waals surface area (Å²) in [6.45, 7) is 1.09. The van der Waals surface area contributed by atoms with Crippen molar-refractivity contribution in [3.05, 3.63) is 76.1 Å². The molecule has 0 unspecified atom stereocenters. The Balaban J connectivity index is 1.50. The second kappa shape index (κ2) is 6.95. The summed E-state index contributed by atoms with van der Waals surface area (Å²) in [7, 11) is 0. The summed E-state index contributed by atoms with van der Waals surface area (Å²) >= 11 is 0. The van der Waals surface area contributed by atoms with E-state index in [0.29, 0.717) is 29.8 Å². The van der Waals surface area contributed by atoms with Gasteiger partial charge in [-0.1, -0.05) is 24.3 Å². The van der Waals surface area contributed by atoms with Gasteiger partial charge >= 0.3 is 6.09 Å². The highest BCUT2D eigenvalue weighted by molar-refractivity contribution is 5.93. The summed E-state index contributed by atoms with van der Waals surface area (Å²) in [5, 5.41) is 3.16. The molecule has 0 aliphatic carbocycles. The van der Waals surface area contributed by atoms with Crippen LogP contribution in [0.25, 0.3) is 11.0 Å². The topological polar surface area (TPSA) is 88.9 Å². The van der Waals surface area contributed by atoms with Crippen molar-refractivity contribution >= 4 is 28.7 Å². The van der Waals surface area contributed by atoms with Crippen molar-refractivity contribution in [3.8, 4) is 0 Å². The number of carbonyl (C=O) groups excluding carboxylic acids is 2. The molecule has 1 fully saturated rings. The number of hydrogen-bond acceptors (Lipinski definition) is 5. The summed E-state index contributed by atoms with van der Waals surface area (Å²) in [6, 6.07) is 15.2. The van der Waals surface area contributed by atoms with Gasteiger partial charge in [-0.05, 0) is 29.8 Å². The molecule has 0 saturated carbocycles. The molecule has 1 aliphatic rings. The summed E-state index contributed by atoms with van der Waals surface area (Å²) in [5.41, 5.74) is 1.62. The van der Waals surface area contributed by atoms with E-state index in [1.54, 1.807) is 36.4 Å². The molecule has 1 N–H and O–H groups in total. The number of anilines is 1. The van der Waals surface area contributed by atoms with Crippen molar-refractivity contribution in [2.24, 2.45) is 0 Å². The number of hydrogen-bond donors (Lipinski definition) is 1. The van der Waals surface area contributed by atoms with E-state index in [4.69, 9.17) is 9.15 Å². The molecule has 7 heteroatoms. The highest BCUT2D eigenvalue weighted by Gasteiger charge is 2.23. The molecule has 136 valence electrons. The maximum absolute atomic E-state index is 12.4. The smallest absolute Gasteiger partial charge is 0.414 e. The number of fused-ring (bicyclic) bond motifs is 1. The lowest BCUT2D eigenvalue weighted by atomic mass is 10.2. The first kappa shape index (κ1) is 16.8. The summed E-state index contributed by atoms with van der Waals surface area (Å²) in [4.78, 5) is 37.7. The van der Waals surface area contributed by atoms with Crippen molar-refractivity contribution < 1.29 is 18.7 Å². The van der Waals surface area contributed by atoms with Crippen molar-refractivity contribution in [2.75, 3.05) is 18.1 Å². The van der Waals surface area contributed by atoms with Crippen LogP contribution in [-0.4, -0.2) is 25.2 Å². The van der Waals surface area contributed by atoms with E-state index in [2.05, 4.69) is 5.32 Å². The van der Waals surface area contributed by atoms with E-state index in [0.717, 1.165) is 5.56 Å². The lowest BCUT2D eigenvalue weighted by Gasteiger charge is -2.14. The number of benzene rings is 2. The molecule has 2 amide bonds. The molecular weight excluding hydrogens is 348 g/mol.